The summed E-state index contributed by atoms with van der Waals surface area (Å²) in [6.45, 7) is 8.75. The third-order valence-electron chi connectivity index (χ3n) is 2.06. The molecule has 1 N–H and O–H groups in total. The first kappa shape index (κ1) is 14.7. The molecule has 0 aliphatic heterocycles. The van der Waals surface area contributed by atoms with Crippen LogP contribution >= 0.6 is 23.1 Å². The van der Waals surface area contributed by atoms with Crippen LogP contribution in [0, 0.1) is 5.92 Å². The molecule has 0 amide bonds. The van der Waals surface area contributed by atoms with E-state index in [9.17, 15) is 0 Å². The summed E-state index contributed by atoms with van der Waals surface area (Å²) in [7, 11) is 3.98. The second-order valence-electron chi connectivity index (χ2n) is 4.73. The molecule has 0 aromatic carbocycles. The lowest BCUT2D eigenvalue weighted by molar-refractivity contribution is 0.554. The SMILES string of the molecule is CC(C)CNCC(C)Sc1nnc(N(C)C)s1. The van der Waals surface area contributed by atoms with Gasteiger partial charge in [0.05, 0.1) is 0 Å². The van der Waals surface area contributed by atoms with Crippen molar-refractivity contribution in [2.45, 2.75) is 30.4 Å². The average molecular weight is 274 g/mol. The van der Waals surface area contributed by atoms with Gasteiger partial charge in [0, 0.05) is 25.9 Å². The predicted octanol–water partition coefficient (Wildman–Crippen LogP) is 2.33. The number of nitrogens with one attached hydrogen (secondary N) is 1. The van der Waals surface area contributed by atoms with Gasteiger partial charge in [0.2, 0.25) is 5.13 Å². The summed E-state index contributed by atoms with van der Waals surface area (Å²) in [6, 6.07) is 0. The van der Waals surface area contributed by atoms with E-state index in [0.29, 0.717) is 11.2 Å². The van der Waals surface area contributed by atoms with Crippen molar-refractivity contribution in [1.29, 1.82) is 0 Å². The fourth-order valence-electron chi connectivity index (χ4n) is 1.22. The maximum absolute atomic E-state index is 4.18. The zero-order chi connectivity index (χ0) is 12.8. The quantitative estimate of drug-likeness (QED) is 0.773. The van der Waals surface area contributed by atoms with Crippen LogP contribution in [0.5, 0.6) is 0 Å². The molecule has 0 aliphatic rings. The van der Waals surface area contributed by atoms with Crippen LogP contribution < -0.4 is 10.2 Å². The van der Waals surface area contributed by atoms with Crippen LogP contribution in [0.3, 0.4) is 0 Å². The third kappa shape index (κ3) is 5.70. The molecule has 0 bridgehead atoms. The Morgan fingerprint density at radius 2 is 1.94 bits per heavy atom. The minimum Gasteiger partial charge on any atom is -0.353 e. The lowest BCUT2D eigenvalue weighted by Crippen LogP contribution is -2.26. The number of hydrogen-bond donors (Lipinski definition) is 1. The molecule has 1 aromatic rings. The zero-order valence-corrected chi connectivity index (χ0v) is 12.9. The van der Waals surface area contributed by atoms with Crippen molar-refractivity contribution >= 4 is 28.2 Å². The standard InChI is InChI=1S/C11H22N4S2/c1-8(2)6-12-7-9(3)16-11-14-13-10(17-11)15(4)5/h8-9,12H,6-7H2,1-5H3. The van der Waals surface area contributed by atoms with E-state index in [1.807, 2.05) is 19.0 Å². The first-order valence-corrected chi connectivity index (χ1v) is 7.57. The first-order valence-electron chi connectivity index (χ1n) is 5.87. The van der Waals surface area contributed by atoms with Gasteiger partial charge in [-0.05, 0) is 12.5 Å². The molecule has 1 unspecified atom stereocenters. The highest BCUT2D eigenvalue weighted by molar-refractivity contribution is 8.01. The van der Waals surface area contributed by atoms with Crippen LogP contribution in [0.15, 0.2) is 4.34 Å². The Hall–Kier alpha value is -0.330. The highest BCUT2D eigenvalue weighted by atomic mass is 32.2. The highest BCUT2D eigenvalue weighted by Gasteiger charge is 2.10. The second kappa shape index (κ2) is 7.18. The molecule has 0 fully saturated rings. The van der Waals surface area contributed by atoms with Gasteiger partial charge in [0.15, 0.2) is 4.34 Å². The molecular weight excluding hydrogens is 252 g/mol. The largest absolute Gasteiger partial charge is 0.353 e. The van der Waals surface area contributed by atoms with Gasteiger partial charge in [-0.15, -0.1) is 10.2 Å². The van der Waals surface area contributed by atoms with Gasteiger partial charge in [-0.25, -0.2) is 0 Å². The highest BCUT2D eigenvalue weighted by Crippen LogP contribution is 2.29. The Labute approximate surface area is 112 Å². The van der Waals surface area contributed by atoms with E-state index in [2.05, 4.69) is 36.3 Å². The minimum atomic E-state index is 0.525. The molecule has 6 heteroatoms. The van der Waals surface area contributed by atoms with Crippen LogP contribution in [0.25, 0.3) is 0 Å². The van der Waals surface area contributed by atoms with Crippen LogP contribution in [0.2, 0.25) is 0 Å². The van der Waals surface area contributed by atoms with Gasteiger partial charge < -0.3 is 10.2 Å². The minimum absolute atomic E-state index is 0.525. The Balaban J connectivity index is 2.32. The molecule has 1 aromatic heterocycles. The summed E-state index contributed by atoms with van der Waals surface area (Å²) >= 11 is 3.44. The molecule has 0 spiro atoms. The van der Waals surface area contributed by atoms with Gasteiger partial charge in [0.1, 0.15) is 0 Å². The van der Waals surface area contributed by atoms with Crippen molar-refractivity contribution in [3.63, 3.8) is 0 Å². The lowest BCUT2D eigenvalue weighted by Gasteiger charge is -2.11. The van der Waals surface area contributed by atoms with E-state index in [1.54, 1.807) is 23.1 Å². The number of nitrogens with zero attached hydrogens (tertiary/aromatic N) is 3. The molecule has 4 nitrogen and oxygen atoms in total. The van der Waals surface area contributed by atoms with Crippen molar-refractivity contribution in [2.24, 2.45) is 5.92 Å². The topological polar surface area (TPSA) is 41.1 Å². The van der Waals surface area contributed by atoms with Crippen molar-refractivity contribution in [3.05, 3.63) is 0 Å². The van der Waals surface area contributed by atoms with E-state index < -0.39 is 0 Å². The Bertz CT molecular complexity index is 325. The van der Waals surface area contributed by atoms with Crippen LogP contribution in [0.1, 0.15) is 20.8 Å². The smallest absolute Gasteiger partial charge is 0.208 e. The first-order chi connectivity index (χ1) is 7.99. The summed E-state index contributed by atoms with van der Waals surface area (Å²) in [6.07, 6.45) is 0. The van der Waals surface area contributed by atoms with E-state index in [0.717, 1.165) is 22.6 Å². The van der Waals surface area contributed by atoms with E-state index in [1.165, 1.54) is 0 Å². The number of hydrogen-bond acceptors (Lipinski definition) is 6. The number of rotatable bonds is 7. The summed E-state index contributed by atoms with van der Waals surface area (Å²) in [4.78, 5) is 1.99. The fourth-order valence-corrected chi connectivity index (χ4v) is 3.26. The summed E-state index contributed by atoms with van der Waals surface area (Å²) < 4.78 is 1.05. The fraction of sp³-hybridized carbons (Fsp3) is 0.818. The van der Waals surface area contributed by atoms with Gasteiger partial charge in [-0.1, -0.05) is 43.9 Å². The van der Waals surface area contributed by atoms with E-state index in [4.69, 9.17) is 0 Å². The Morgan fingerprint density at radius 3 is 2.47 bits per heavy atom. The zero-order valence-electron chi connectivity index (χ0n) is 11.2. The molecular formula is C11H22N4S2. The van der Waals surface area contributed by atoms with Gasteiger partial charge in [-0.3, -0.25) is 0 Å². The monoisotopic (exact) mass is 274 g/mol. The molecule has 0 saturated heterocycles. The van der Waals surface area contributed by atoms with Gasteiger partial charge in [-0.2, -0.15) is 0 Å². The molecule has 1 atom stereocenters. The molecule has 1 heterocycles. The second-order valence-corrected chi connectivity index (χ2v) is 7.37. The van der Waals surface area contributed by atoms with Crippen LogP contribution in [0.4, 0.5) is 5.13 Å². The number of anilines is 1. The van der Waals surface area contributed by atoms with Crippen molar-refractivity contribution in [3.8, 4) is 0 Å². The molecule has 0 aliphatic carbocycles. The van der Waals surface area contributed by atoms with Crippen molar-refractivity contribution in [1.82, 2.24) is 15.5 Å². The van der Waals surface area contributed by atoms with Gasteiger partial charge >= 0.3 is 0 Å². The number of thioether (sulfide) groups is 1. The van der Waals surface area contributed by atoms with Crippen molar-refractivity contribution < 1.29 is 0 Å². The Kier molecular flexibility index (Phi) is 6.22. The average Bonchev–Trinajstić information content (AvgIpc) is 2.65. The van der Waals surface area contributed by atoms with Crippen LogP contribution in [-0.4, -0.2) is 42.6 Å². The molecule has 1 rings (SSSR count). The molecule has 0 saturated carbocycles. The van der Waals surface area contributed by atoms with E-state index in [-0.39, 0.29) is 0 Å². The maximum atomic E-state index is 4.18. The Morgan fingerprint density at radius 1 is 1.24 bits per heavy atom. The van der Waals surface area contributed by atoms with Crippen molar-refractivity contribution in [2.75, 3.05) is 32.1 Å². The summed E-state index contributed by atoms with van der Waals surface area (Å²) in [5, 5.41) is 13.3. The van der Waals surface area contributed by atoms with Crippen LogP contribution in [-0.2, 0) is 0 Å². The molecule has 98 valence electrons. The maximum Gasteiger partial charge on any atom is 0.208 e. The normalized spacial score (nSPS) is 13.1. The molecule has 0 radical (unpaired) electrons. The predicted molar refractivity (Wildman–Crippen MR) is 77.3 cm³/mol. The summed E-state index contributed by atoms with van der Waals surface area (Å²) in [5.74, 6) is 0.703. The lowest BCUT2D eigenvalue weighted by atomic mass is 10.2. The summed E-state index contributed by atoms with van der Waals surface area (Å²) in [5.41, 5.74) is 0. The number of aromatic nitrogens is 2. The van der Waals surface area contributed by atoms with E-state index >= 15 is 0 Å². The third-order valence-corrected chi connectivity index (χ3v) is 4.34. The molecule has 17 heavy (non-hydrogen) atoms. The van der Waals surface area contributed by atoms with Gasteiger partial charge in [0.25, 0.3) is 0 Å².